The lowest BCUT2D eigenvalue weighted by Crippen LogP contribution is -2.36. The van der Waals surface area contributed by atoms with Gasteiger partial charge in [-0.1, -0.05) is 25.7 Å². The minimum absolute atomic E-state index is 0.294. The Hall–Kier alpha value is -0.0800. The predicted molar refractivity (Wildman–Crippen MR) is 58.1 cm³/mol. The summed E-state index contributed by atoms with van der Waals surface area (Å²) in [5, 5.41) is 0. The fourth-order valence-electron chi connectivity index (χ4n) is 2.93. The van der Waals surface area contributed by atoms with Gasteiger partial charge < -0.3 is 10.5 Å². The van der Waals surface area contributed by atoms with Crippen LogP contribution in [0.2, 0.25) is 0 Å². The second-order valence-corrected chi connectivity index (χ2v) is 5.11. The fraction of sp³-hybridized carbons (Fsp3) is 1.00. The van der Waals surface area contributed by atoms with Crippen LogP contribution in [-0.2, 0) is 4.74 Å². The minimum Gasteiger partial charge on any atom is -0.374 e. The summed E-state index contributed by atoms with van der Waals surface area (Å²) in [7, 11) is 0. The van der Waals surface area contributed by atoms with E-state index in [-0.39, 0.29) is 0 Å². The van der Waals surface area contributed by atoms with Gasteiger partial charge in [0.1, 0.15) is 0 Å². The number of ether oxygens (including phenoxy) is 1. The minimum atomic E-state index is 0.294. The molecule has 14 heavy (non-hydrogen) atoms. The van der Waals surface area contributed by atoms with Gasteiger partial charge in [0.25, 0.3) is 0 Å². The van der Waals surface area contributed by atoms with Gasteiger partial charge in [-0.3, -0.25) is 0 Å². The van der Waals surface area contributed by atoms with Gasteiger partial charge in [0.15, 0.2) is 0 Å². The monoisotopic (exact) mass is 197 g/mol. The number of nitrogens with two attached hydrogens (primary N) is 1. The smallest absolute Gasteiger partial charge is 0.0730 e. The largest absolute Gasteiger partial charge is 0.374 e. The zero-order chi connectivity index (χ0) is 9.97. The zero-order valence-corrected chi connectivity index (χ0v) is 9.24. The third kappa shape index (κ3) is 2.48. The molecule has 0 radical (unpaired) electrons. The van der Waals surface area contributed by atoms with Crippen LogP contribution in [0.25, 0.3) is 0 Å². The van der Waals surface area contributed by atoms with Crippen LogP contribution in [0.15, 0.2) is 0 Å². The molecule has 0 aromatic rings. The van der Waals surface area contributed by atoms with Gasteiger partial charge in [0.05, 0.1) is 12.2 Å². The molecule has 3 unspecified atom stereocenters. The summed E-state index contributed by atoms with van der Waals surface area (Å²) in [6, 6.07) is 0.294. The number of hydrogen-bond donors (Lipinski definition) is 1. The lowest BCUT2D eigenvalue weighted by Gasteiger charge is -2.22. The first-order chi connectivity index (χ1) is 6.75. The summed E-state index contributed by atoms with van der Waals surface area (Å²) < 4.78 is 5.81. The van der Waals surface area contributed by atoms with E-state index in [0.29, 0.717) is 18.2 Å². The Morgan fingerprint density at radius 2 is 1.93 bits per heavy atom. The molecule has 2 N–H and O–H groups in total. The molecule has 3 atom stereocenters. The van der Waals surface area contributed by atoms with Gasteiger partial charge in [0, 0.05) is 6.04 Å². The van der Waals surface area contributed by atoms with Crippen molar-refractivity contribution in [1.29, 1.82) is 0 Å². The second kappa shape index (κ2) is 4.63. The Morgan fingerprint density at radius 3 is 2.50 bits per heavy atom. The van der Waals surface area contributed by atoms with Crippen molar-refractivity contribution in [3.8, 4) is 0 Å². The van der Waals surface area contributed by atoms with Crippen molar-refractivity contribution in [2.24, 2.45) is 11.7 Å². The highest BCUT2D eigenvalue weighted by molar-refractivity contribution is 4.83. The summed E-state index contributed by atoms with van der Waals surface area (Å²) >= 11 is 0. The standard InChI is InChI=1S/C12H23NO/c1-9-6-7-12(14-9)11(13)8-10-4-2-3-5-10/h9-12H,2-8,13H2,1H3. The van der Waals surface area contributed by atoms with E-state index in [2.05, 4.69) is 6.92 Å². The summed E-state index contributed by atoms with van der Waals surface area (Å²) in [5.41, 5.74) is 6.20. The Labute approximate surface area is 87.2 Å². The summed E-state index contributed by atoms with van der Waals surface area (Å²) in [5.74, 6) is 0.893. The van der Waals surface area contributed by atoms with E-state index < -0.39 is 0 Å². The van der Waals surface area contributed by atoms with Gasteiger partial charge in [-0.15, -0.1) is 0 Å². The van der Waals surface area contributed by atoms with E-state index in [9.17, 15) is 0 Å². The molecule has 2 heteroatoms. The Morgan fingerprint density at radius 1 is 1.21 bits per heavy atom. The summed E-state index contributed by atoms with van der Waals surface area (Å²) in [6.07, 6.45) is 9.99. The van der Waals surface area contributed by atoms with E-state index in [1.54, 1.807) is 0 Å². The fourth-order valence-corrected chi connectivity index (χ4v) is 2.93. The van der Waals surface area contributed by atoms with Crippen molar-refractivity contribution in [1.82, 2.24) is 0 Å². The van der Waals surface area contributed by atoms with Gasteiger partial charge in [-0.25, -0.2) is 0 Å². The van der Waals surface area contributed by atoms with Gasteiger partial charge in [-0.05, 0) is 32.1 Å². The Balaban J connectivity index is 1.74. The molecule has 0 amide bonds. The molecule has 2 aliphatic rings. The zero-order valence-electron chi connectivity index (χ0n) is 9.24. The van der Waals surface area contributed by atoms with Gasteiger partial charge in [0.2, 0.25) is 0 Å². The van der Waals surface area contributed by atoms with Crippen LogP contribution in [-0.4, -0.2) is 18.2 Å². The van der Waals surface area contributed by atoms with Crippen molar-refractivity contribution in [3.05, 3.63) is 0 Å². The van der Waals surface area contributed by atoms with Crippen LogP contribution >= 0.6 is 0 Å². The highest BCUT2D eigenvalue weighted by atomic mass is 16.5. The van der Waals surface area contributed by atoms with Crippen molar-refractivity contribution in [2.45, 2.75) is 70.1 Å². The first kappa shape index (κ1) is 10.4. The topological polar surface area (TPSA) is 35.2 Å². The van der Waals surface area contributed by atoms with Crippen LogP contribution in [0.5, 0.6) is 0 Å². The Bertz CT molecular complexity index is 177. The first-order valence-electron chi connectivity index (χ1n) is 6.16. The van der Waals surface area contributed by atoms with Crippen LogP contribution in [0.3, 0.4) is 0 Å². The maximum Gasteiger partial charge on any atom is 0.0730 e. The molecule has 2 nitrogen and oxygen atoms in total. The van der Waals surface area contributed by atoms with Crippen molar-refractivity contribution in [2.75, 3.05) is 0 Å². The summed E-state index contributed by atoms with van der Waals surface area (Å²) in [4.78, 5) is 0. The maximum atomic E-state index is 6.20. The van der Waals surface area contributed by atoms with E-state index in [4.69, 9.17) is 10.5 Å². The van der Waals surface area contributed by atoms with E-state index in [1.165, 1.54) is 44.9 Å². The molecule has 82 valence electrons. The molecule has 0 aromatic carbocycles. The SMILES string of the molecule is CC1CCC(C(N)CC2CCCC2)O1. The third-order valence-electron chi connectivity index (χ3n) is 3.82. The molecule has 0 bridgehead atoms. The van der Waals surface area contributed by atoms with Crippen LogP contribution in [0.1, 0.15) is 51.9 Å². The quantitative estimate of drug-likeness (QED) is 0.754. The van der Waals surface area contributed by atoms with Crippen LogP contribution < -0.4 is 5.73 Å². The van der Waals surface area contributed by atoms with Gasteiger partial charge >= 0.3 is 0 Å². The molecule has 1 heterocycles. The van der Waals surface area contributed by atoms with Crippen LogP contribution in [0, 0.1) is 5.92 Å². The molecule has 2 fully saturated rings. The van der Waals surface area contributed by atoms with Crippen LogP contribution in [0.4, 0.5) is 0 Å². The average Bonchev–Trinajstić information content (AvgIpc) is 2.75. The molecule has 2 rings (SSSR count). The normalized spacial score (nSPS) is 36.4. The van der Waals surface area contributed by atoms with Crippen molar-refractivity contribution >= 4 is 0 Å². The molecule has 0 aromatic heterocycles. The lowest BCUT2D eigenvalue weighted by atomic mass is 9.94. The highest BCUT2D eigenvalue weighted by Crippen LogP contribution is 2.31. The average molecular weight is 197 g/mol. The molecular weight excluding hydrogens is 174 g/mol. The second-order valence-electron chi connectivity index (χ2n) is 5.11. The van der Waals surface area contributed by atoms with E-state index in [0.717, 1.165) is 5.92 Å². The lowest BCUT2D eigenvalue weighted by molar-refractivity contribution is 0.0355. The van der Waals surface area contributed by atoms with Gasteiger partial charge in [-0.2, -0.15) is 0 Å². The summed E-state index contributed by atoms with van der Waals surface area (Å²) in [6.45, 7) is 2.16. The van der Waals surface area contributed by atoms with E-state index >= 15 is 0 Å². The molecule has 1 saturated heterocycles. The molecule has 1 aliphatic heterocycles. The van der Waals surface area contributed by atoms with E-state index in [1.807, 2.05) is 0 Å². The molecular formula is C12H23NO. The number of rotatable bonds is 3. The predicted octanol–water partition coefficient (Wildman–Crippen LogP) is 2.46. The Kier molecular flexibility index (Phi) is 3.45. The third-order valence-corrected chi connectivity index (χ3v) is 3.82. The van der Waals surface area contributed by atoms with Crippen molar-refractivity contribution in [3.63, 3.8) is 0 Å². The molecule has 0 spiro atoms. The first-order valence-corrected chi connectivity index (χ1v) is 6.16. The van der Waals surface area contributed by atoms with Crippen molar-refractivity contribution < 1.29 is 4.74 Å². The highest BCUT2D eigenvalue weighted by Gasteiger charge is 2.29. The molecule has 1 saturated carbocycles. The maximum absolute atomic E-state index is 6.20. The molecule has 1 aliphatic carbocycles. The number of hydrogen-bond acceptors (Lipinski definition) is 2.